The summed E-state index contributed by atoms with van der Waals surface area (Å²) in [5, 5.41) is -0.494. The molecule has 0 fully saturated rings. The second-order valence-electron chi connectivity index (χ2n) is 5.54. The number of hydrogen-bond donors (Lipinski definition) is 0. The molecule has 0 N–H and O–H groups in total. The number of benzene rings is 2. The van der Waals surface area contributed by atoms with Crippen molar-refractivity contribution in [2.45, 2.75) is 19.0 Å². The first-order chi connectivity index (χ1) is 11.7. The topological polar surface area (TPSA) is 20.3 Å². The van der Waals surface area contributed by atoms with Crippen molar-refractivity contribution in [3.8, 4) is 12.3 Å². The van der Waals surface area contributed by atoms with Crippen molar-refractivity contribution in [2.75, 3.05) is 4.90 Å². The van der Waals surface area contributed by atoms with Crippen LogP contribution >= 0.6 is 23.2 Å². The molecular weight excluding hydrogens is 374 g/mol. The van der Waals surface area contributed by atoms with Crippen LogP contribution in [0.3, 0.4) is 0 Å². The fourth-order valence-corrected chi connectivity index (χ4v) is 3.42. The molecule has 2 aromatic carbocycles. The number of halogens is 5. The molecule has 2 nitrogen and oxygen atoms in total. The number of alkyl halides is 3. The molecule has 25 heavy (non-hydrogen) atoms. The summed E-state index contributed by atoms with van der Waals surface area (Å²) < 4.78 is 38.7. The minimum Gasteiger partial charge on any atom is -0.277 e. The summed E-state index contributed by atoms with van der Waals surface area (Å²) in [6.45, 7) is 0. The van der Waals surface area contributed by atoms with E-state index >= 15 is 0 Å². The number of hydrogen-bond acceptors (Lipinski definition) is 1. The third-order valence-corrected chi connectivity index (χ3v) is 4.43. The predicted molar refractivity (Wildman–Crippen MR) is 91.3 cm³/mol. The summed E-state index contributed by atoms with van der Waals surface area (Å²) in [6.07, 6.45) is 1.20. The molecule has 1 aliphatic rings. The molecular formula is C18H10Cl2F3NO. The van der Waals surface area contributed by atoms with Crippen molar-refractivity contribution in [3.63, 3.8) is 0 Å². The Morgan fingerprint density at radius 1 is 1.16 bits per heavy atom. The first-order valence-electron chi connectivity index (χ1n) is 7.17. The largest absolute Gasteiger partial charge is 0.416 e. The standard InChI is InChI=1S/C18H10Cl2F3NO/c1-2-3-10-4-5-11-7-16(25)24(15(11)6-10)17-13(19)8-12(9-14(17)20)18(21,22)23/h1,4-6,8-9H,3,7H2. The Morgan fingerprint density at radius 2 is 1.80 bits per heavy atom. The minimum absolute atomic E-state index is 0.0398. The number of terminal acetylenes is 1. The van der Waals surface area contributed by atoms with Crippen LogP contribution in [0.15, 0.2) is 30.3 Å². The third-order valence-electron chi connectivity index (χ3n) is 3.86. The number of nitrogens with zero attached hydrogens (tertiary/aromatic N) is 1. The Hall–Kier alpha value is -2.16. The highest BCUT2D eigenvalue weighted by molar-refractivity contribution is 6.40. The Labute approximate surface area is 152 Å². The molecule has 0 aromatic heterocycles. The lowest BCUT2D eigenvalue weighted by molar-refractivity contribution is -0.137. The molecule has 0 atom stereocenters. The SMILES string of the molecule is C#CCc1ccc2c(c1)N(c1c(Cl)cc(C(F)(F)F)cc1Cl)C(=O)C2. The summed E-state index contributed by atoms with van der Waals surface area (Å²) in [5.74, 6) is 2.18. The van der Waals surface area contributed by atoms with E-state index in [1.165, 1.54) is 4.90 Å². The van der Waals surface area contributed by atoms with E-state index in [0.717, 1.165) is 23.3 Å². The van der Waals surface area contributed by atoms with Crippen molar-refractivity contribution >= 4 is 40.5 Å². The molecule has 128 valence electrons. The van der Waals surface area contributed by atoms with Gasteiger partial charge < -0.3 is 0 Å². The van der Waals surface area contributed by atoms with Gasteiger partial charge in [-0.05, 0) is 29.3 Å². The maximum Gasteiger partial charge on any atom is 0.416 e. The van der Waals surface area contributed by atoms with E-state index in [9.17, 15) is 18.0 Å². The van der Waals surface area contributed by atoms with Crippen molar-refractivity contribution in [1.82, 2.24) is 0 Å². The minimum atomic E-state index is -4.58. The molecule has 1 aliphatic heterocycles. The molecule has 1 heterocycles. The molecule has 7 heteroatoms. The number of carbonyl (C=O) groups is 1. The van der Waals surface area contributed by atoms with Gasteiger partial charge >= 0.3 is 6.18 Å². The van der Waals surface area contributed by atoms with Crippen molar-refractivity contribution in [3.05, 3.63) is 57.1 Å². The van der Waals surface area contributed by atoms with Crippen LogP contribution in [0.5, 0.6) is 0 Å². The van der Waals surface area contributed by atoms with E-state index in [1.807, 2.05) is 6.07 Å². The maximum atomic E-state index is 12.9. The lowest BCUT2D eigenvalue weighted by Crippen LogP contribution is -2.22. The average molecular weight is 384 g/mol. The Kier molecular flexibility index (Phi) is 4.44. The summed E-state index contributed by atoms with van der Waals surface area (Å²) in [4.78, 5) is 13.7. The van der Waals surface area contributed by atoms with E-state index in [1.54, 1.807) is 12.1 Å². The summed E-state index contributed by atoms with van der Waals surface area (Å²) in [5.41, 5.74) is 1.14. The summed E-state index contributed by atoms with van der Waals surface area (Å²) >= 11 is 12.1. The molecule has 0 spiro atoms. The van der Waals surface area contributed by atoms with Crippen LogP contribution in [0.4, 0.5) is 24.5 Å². The van der Waals surface area contributed by atoms with E-state index in [4.69, 9.17) is 29.6 Å². The average Bonchev–Trinajstić information content (AvgIpc) is 2.82. The normalized spacial score (nSPS) is 13.8. The second-order valence-corrected chi connectivity index (χ2v) is 6.35. The molecule has 0 radical (unpaired) electrons. The number of anilines is 2. The quantitative estimate of drug-likeness (QED) is 0.635. The second kappa shape index (κ2) is 6.29. The number of fused-ring (bicyclic) bond motifs is 1. The number of rotatable bonds is 2. The monoisotopic (exact) mass is 383 g/mol. The highest BCUT2D eigenvalue weighted by atomic mass is 35.5. The number of carbonyl (C=O) groups excluding carboxylic acids is 1. The molecule has 2 aromatic rings. The van der Waals surface area contributed by atoms with Gasteiger partial charge in [-0.15, -0.1) is 12.3 Å². The maximum absolute atomic E-state index is 12.9. The van der Waals surface area contributed by atoms with Crippen LogP contribution in [-0.4, -0.2) is 5.91 Å². The Morgan fingerprint density at radius 3 is 2.36 bits per heavy atom. The van der Waals surface area contributed by atoms with Crippen molar-refractivity contribution in [1.29, 1.82) is 0 Å². The van der Waals surface area contributed by atoms with E-state index in [2.05, 4.69) is 5.92 Å². The summed E-state index contributed by atoms with van der Waals surface area (Å²) in [6, 6.07) is 6.83. The molecule has 3 rings (SSSR count). The smallest absolute Gasteiger partial charge is 0.277 e. The van der Waals surface area contributed by atoms with Gasteiger partial charge in [-0.1, -0.05) is 35.3 Å². The van der Waals surface area contributed by atoms with E-state index in [-0.39, 0.29) is 28.1 Å². The van der Waals surface area contributed by atoms with Crippen molar-refractivity contribution < 1.29 is 18.0 Å². The van der Waals surface area contributed by atoms with Crippen molar-refractivity contribution in [2.24, 2.45) is 0 Å². The summed E-state index contributed by atoms with van der Waals surface area (Å²) in [7, 11) is 0. The van der Waals surface area contributed by atoms with Crippen LogP contribution in [0, 0.1) is 12.3 Å². The van der Waals surface area contributed by atoms with Crippen LogP contribution in [0.2, 0.25) is 10.0 Å². The fourth-order valence-electron chi connectivity index (χ4n) is 2.76. The van der Waals surface area contributed by atoms with Crippen LogP contribution < -0.4 is 4.90 Å². The molecule has 0 unspecified atom stereocenters. The lowest BCUT2D eigenvalue weighted by atomic mass is 10.1. The van der Waals surface area contributed by atoms with Gasteiger partial charge in [-0.25, -0.2) is 0 Å². The Balaban J connectivity index is 2.14. The zero-order chi connectivity index (χ0) is 18.4. The predicted octanol–water partition coefficient (Wildman–Crippen LogP) is 5.41. The van der Waals surface area contributed by atoms with Gasteiger partial charge in [0.1, 0.15) is 0 Å². The van der Waals surface area contributed by atoms with E-state index in [0.29, 0.717) is 12.1 Å². The zero-order valence-electron chi connectivity index (χ0n) is 12.6. The van der Waals surface area contributed by atoms with Crippen LogP contribution in [-0.2, 0) is 23.8 Å². The van der Waals surface area contributed by atoms with Gasteiger partial charge in [0.05, 0.1) is 33.4 Å². The zero-order valence-corrected chi connectivity index (χ0v) is 14.1. The molecule has 0 bridgehead atoms. The molecule has 0 saturated heterocycles. The van der Waals surface area contributed by atoms with Crippen LogP contribution in [0.25, 0.3) is 0 Å². The molecule has 0 aliphatic carbocycles. The van der Waals surface area contributed by atoms with E-state index < -0.39 is 11.7 Å². The van der Waals surface area contributed by atoms with Gasteiger partial charge in [0.2, 0.25) is 5.91 Å². The van der Waals surface area contributed by atoms with Gasteiger partial charge in [0.25, 0.3) is 0 Å². The van der Waals surface area contributed by atoms with Gasteiger partial charge in [-0.3, -0.25) is 9.69 Å². The lowest BCUT2D eigenvalue weighted by Gasteiger charge is -2.22. The van der Waals surface area contributed by atoms with Gasteiger partial charge in [0, 0.05) is 6.42 Å². The van der Waals surface area contributed by atoms with Gasteiger partial charge in [0.15, 0.2) is 0 Å². The number of amides is 1. The van der Waals surface area contributed by atoms with Gasteiger partial charge in [-0.2, -0.15) is 13.2 Å². The third kappa shape index (κ3) is 3.20. The molecule has 1 amide bonds. The first-order valence-corrected chi connectivity index (χ1v) is 7.92. The fraction of sp³-hybridized carbons (Fsp3) is 0.167. The van der Waals surface area contributed by atoms with Crippen LogP contribution in [0.1, 0.15) is 16.7 Å². The highest BCUT2D eigenvalue weighted by Gasteiger charge is 2.35. The Bertz CT molecular complexity index is 893. The first kappa shape index (κ1) is 17.7. The molecule has 0 saturated carbocycles. The highest BCUT2D eigenvalue weighted by Crippen LogP contribution is 2.45.